The van der Waals surface area contributed by atoms with Crippen molar-refractivity contribution in [3.8, 4) is 0 Å². The molecule has 1 aromatic carbocycles. The minimum absolute atomic E-state index is 0.264. The maximum absolute atomic E-state index is 5.92. The van der Waals surface area contributed by atoms with Crippen molar-refractivity contribution in [2.45, 2.75) is 13.5 Å². The highest BCUT2D eigenvalue weighted by atomic mass is 35.5. The van der Waals surface area contributed by atoms with Gasteiger partial charge >= 0.3 is 0 Å². The van der Waals surface area contributed by atoms with Crippen LogP contribution in [-0.4, -0.2) is 20.0 Å². The summed E-state index contributed by atoms with van der Waals surface area (Å²) in [4.78, 5) is 0.264. The molecule has 0 saturated heterocycles. The van der Waals surface area contributed by atoms with Crippen LogP contribution in [-0.2, 0) is 6.54 Å². The lowest BCUT2D eigenvalue weighted by Crippen LogP contribution is -2.12. The molecule has 1 aromatic heterocycles. The second kappa shape index (κ2) is 4.81. The number of benzene rings is 1. The topological polar surface area (TPSA) is 56.7 Å². The molecule has 0 amide bonds. The van der Waals surface area contributed by atoms with Gasteiger partial charge in [-0.3, -0.25) is 0 Å². The Morgan fingerprint density at radius 3 is 2.88 bits per heavy atom. The summed E-state index contributed by atoms with van der Waals surface area (Å²) in [5.41, 5.74) is 8.03. The third-order valence-corrected chi connectivity index (χ3v) is 2.87. The van der Waals surface area contributed by atoms with Crippen molar-refractivity contribution in [1.29, 1.82) is 0 Å². The minimum Gasteiger partial charge on any atom is -0.388 e. The van der Waals surface area contributed by atoms with Crippen LogP contribution in [0.4, 0.5) is 0 Å². The van der Waals surface area contributed by atoms with E-state index >= 15 is 0 Å². The molecule has 0 unspecified atom stereocenters. The Kier molecular flexibility index (Phi) is 3.40. The summed E-state index contributed by atoms with van der Waals surface area (Å²) in [6.07, 6.45) is 0. The summed E-state index contributed by atoms with van der Waals surface area (Å²) < 4.78 is 1.75. The standard InChI is InChI=1S/C11H11ClN4S/c1-7-10(11(13)17)14-15-16(7)6-8-3-2-4-9(12)5-8/h2-5H,6H2,1H3,(H2,13,17). The fourth-order valence-electron chi connectivity index (χ4n) is 1.55. The predicted octanol–water partition coefficient (Wildman–Crippen LogP) is 1.92. The lowest BCUT2D eigenvalue weighted by molar-refractivity contribution is 0.633. The predicted molar refractivity (Wildman–Crippen MR) is 71.2 cm³/mol. The van der Waals surface area contributed by atoms with Crippen molar-refractivity contribution in [3.05, 3.63) is 46.2 Å². The summed E-state index contributed by atoms with van der Waals surface area (Å²) in [7, 11) is 0. The van der Waals surface area contributed by atoms with Crippen molar-refractivity contribution >= 4 is 28.8 Å². The molecular formula is C11H11ClN4S. The van der Waals surface area contributed by atoms with Gasteiger partial charge in [0.25, 0.3) is 0 Å². The summed E-state index contributed by atoms with van der Waals surface area (Å²) in [6.45, 7) is 2.49. The Morgan fingerprint density at radius 2 is 2.29 bits per heavy atom. The van der Waals surface area contributed by atoms with E-state index in [1.807, 2.05) is 31.2 Å². The molecule has 2 rings (SSSR count). The van der Waals surface area contributed by atoms with Crippen LogP contribution >= 0.6 is 23.8 Å². The van der Waals surface area contributed by atoms with Crippen LogP contribution in [0.25, 0.3) is 0 Å². The zero-order chi connectivity index (χ0) is 12.4. The first kappa shape index (κ1) is 12.0. The van der Waals surface area contributed by atoms with Gasteiger partial charge in [0, 0.05) is 5.02 Å². The molecule has 2 aromatic rings. The first-order chi connectivity index (χ1) is 8.08. The maximum atomic E-state index is 5.92. The fraction of sp³-hybridized carbons (Fsp3) is 0.182. The number of nitrogens with zero attached hydrogens (tertiary/aromatic N) is 3. The molecule has 17 heavy (non-hydrogen) atoms. The van der Waals surface area contributed by atoms with Gasteiger partial charge in [-0.2, -0.15) is 0 Å². The average molecular weight is 267 g/mol. The number of hydrogen-bond donors (Lipinski definition) is 1. The van der Waals surface area contributed by atoms with Crippen LogP contribution in [0.2, 0.25) is 5.02 Å². The van der Waals surface area contributed by atoms with Gasteiger partial charge in [0.1, 0.15) is 10.7 Å². The number of rotatable bonds is 3. The van der Waals surface area contributed by atoms with E-state index in [9.17, 15) is 0 Å². The number of aromatic nitrogens is 3. The molecule has 4 nitrogen and oxygen atoms in total. The Labute approximate surface area is 109 Å². The molecule has 0 bridgehead atoms. The lowest BCUT2D eigenvalue weighted by Gasteiger charge is -2.04. The van der Waals surface area contributed by atoms with Gasteiger partial charge in [-0.15, -0.1) is 5.10 Å². The van der Waals surface area contributed by atoms with Crippen LogP contribution in [0.5, 0.6) is 0 Å². The van der Waals surface area contributed by atoms with Gasteiger partial charge in [-0.25, -0.2) is 4.68 Å². The van der Waals surface area contributed by atoms with Crippen molar-refractivity contribution in [2.24, 2.45) is 5.73 Å². The van der Waals surface area contributed by atoms with Crippen LogP contribution in [0.15, 0.2) is 24.3 Å². The Morgan fingerprint density at radius 1 is 1.53 bits per heavy atom. The average Bonchev–Trinajstić information content (AvgIpc) is 2.61. The second-order valence-electron chi connectivity index (χ2n) is 3.68. The highest BCUT2D eigenvalue weighted by Gasteiger charge is 2.10. The smallest absolute Gasteiger partial charge is 0.142 e. The molecule has 1 heterocycles. The number of hydrogen-bond acceptors (Lipinski definition) is 3. The Hall–Kier alpha value is -1.46. The van der Waals surface area contributed by atoms with Gasteiger partial charge in [0.2, 0.25) is 0 Å². The van der Waals surface area contributed by atoms with Gasteiger partial charge < -0.3 is 5.73 Å². The summed E-state index contributed by atoms with van der Waals surface area (Å²) in [5, 5.41) is 8.67. The van der Waals surface area contributed by atoms with Crippen LogP contribution in [0.1, 0.15) is 17.0 Å². The zero-order valence-electron chi connectivity index (χ0n) is 9.22. The van der Waals surface area contributed by atoms with Gasteiger partial charge in [0.05, 0.1) is 12.2 Å². The fourth-order valence-corrected chi connectivity index (χ4v) is 1.95. The third-order valence-electron chi connectivity index (χ3n) is 2.44. The molecule has 0 aliphatic carbocycles. The van der Waals surface area contributed by atoms with Crippen molar-refractivity contribution in [3.63, 3.8) is 0 Å². The molecule has 0 fully saturated rings. The first-order valence-electron chi connectivity index (χ1n) is 5.02. The minimum atomic E-state index is 0.264. The molecule has 2 N–H and O–H groups in total. The van der Waals surface area contributed by atoms with Gasteiger partial charge in [-0.1, -0.05) is 41.2 Å². The van der Waals surface area contributed by atoms with E-state index in [-0.39, 0.29) is 4.99 Å². The monoisotopic (exact) mass is 266 g/mol. The summed E-state index contributed by atoms with van der Waals surface area (Å²) >= 11 is 10.8. The third kappa shape index (κ3) is 2.62. The van der Waals surface area contributed by atoms with E-state index in [4.69, 9.17) is 29.6 Å². The molecule has 0 radical (unpaired) electrons. The Balaban J connectivity index is 2.28. The van der Waals surface area contributed by atoms with E-state index in [0.717, 1.165) is 11.3 Å². The molecule has 0 saturated carbocycles. The van der Waals surface area contributed by atoms with Gasteiger partial charge in [-0.05, 0) is 24.6 Å². The highest BCUT2D eigenvalue weighted by Crippen LogP contribution is 2.13. The van der Waals surface area contributed by atoms with Crippen molar-refractivity contribution in [1.82, 2.24) is 15.0 Å². The zero-order valence-corrected chi connectivity index (χ0v) is 10.8. The lowest BCUT2D eigenvalue weighted by atomic mass is 10.2. The number of halogens is 1. The normalized spacial score (nSPS) is 10.5. The van der Waals surface area contributed by atoms with Crippen LogP contribution < -0.4 is 5.73 Å². The molecular weight excluding hydrogens is 256 g/mol. The molecule has 6 heteroatoms. The first-order valence-corrected chi connectivity index (χ1v) is 5.81. The van der Waals surface area contributed by atoms with Crippen molar-refractivity contribution in [2.75, 3.05) is 0 Å². The quantitative estimate of drug-likeness (QED) is 0.863. The maximum Gasteiger partial charge on any atom is 0.142 e. The van der Waals surface area contributed by atoms with E-state index in [0.29, 0.717) is 17.3 Å². The number of nitrogens with two attached hydrogens (primary N) is 1. The van der Waals surface area contributed by atoms with Gasteiger partial charge in [0.15, 0.2) is 0 Å². The molecule has 0 atom stereocenters. The summed E-state index contributed by atoms with van der Waals surface area (Å²) in [6, 6.07) is 7.61. The molecule has 88 valence electrons. The highest BCUT2D eigenvalue weighted by molar-refractivity contribution is 7.80. The molecule has 0 spiro atoms. The second-order valence-corrected chi connectivity index (χ2v) is 4.55. The largest absolute Gasteiger partial charge is 0.388 e. The van der Waals surface area contributed by atoms with Crippen LogP contribution in [0.3, 0.4) is 0 Å². The SMILES string of the molecule is Cc1c(C(N)=S)nnn1Cc1cccc(Cl)c1. The van der Waals surface area contributed by atoms with E-state index in [1.165, 1.54) is 0 Å². The Bertz CT molecular complexity index is 564. The van der Waals surface area contributed by atoms with Crippen LogP contribution in [0, 0.1) is 6.92 Å². The summed E-state index contributed by atoms with van der Waals surface area (Å²) in [5.74, 6) is 0. The van der Waals surface area contributed by atoms with E-state index in [1.54, 1.807) is 4.68 Å². The van der Waals surface area contributed by atoms with E-state index in [2.05, 4.69) is 10.3 Å². The van der Waals surface area contributed by atoms with E-state index < -0.39 is 0 Å². The molecule has 0 aliphatic heterocycles. The molecule has 0 aliphatic rings. The number of thiocarbonyl (C=S) groups is 1. The van der Waals surface area contributed by atoms with Crippen molar-refractivity contribution < 1.29 is 0 Å².